The molecule has 3 rings (SSSR count). The Labute approximate surface area is 153 Å². The lowest BCUT2D eigenvalue weighted by Gasteiger charge is -2.12. The summed E-state index contributed by atoms with van der Waals surface area (Å²) in [4.78, 5) is 4.66. The molecule has 134 valence electrons. The highest BCUT2D eigenvalue weighted by Crippen LogP contribution is 2.33. The smallest absolute Gasteiger partial charge is 0.127 e. The van der Waals surface area contributed by atoms with Crippen LogP contribution in [0, 0.1) is 12.7 Å². The average Bonchev–Trinajstić information content (AvgIpc) is 2.64. The summed E-state index contributed by atoms with van der Waals surface area (Å²) in [5.41, 5.74) is 4.00. The molecule has 0 saturated carbocycles. The number of hydrogen-bond donors (Lipinski definition) is 2. The number of phenolic OH excluding ortho intramolecular Hbond substituents is 1. The van der Waals surface area contributed by atoms with Crippen LogP contribution < -0.4 is 5.32 Å². The van der Waals surface area contributed by atoms with Gasteiger partial charge in [-0.25, -0.2) is 9.37 Å². The largest absolute Gasteiger partial charge is 0.507 e. The predicted molar refractivity (Wildman–Crippen MR) is 105 cm³/mol. The van der Waals surface area contributed by atoms with Gasteiger partial charge in [-0.2, -0.15) is 0 Å². The maximum absolute atomic E-state index is 13.7. The normalized spacial score (nSPS) is 10.7. The van der Waals surface area contributed by atoms with Gasteiger partial charge < -0.3 is 10.4 Å². The van der Waals surface area contributed by atoms with Gasteiger partial charge in [0, 0.05) is 12.1 Å². The van der Waals surface area contributed by atoms with Gasteiger partial charge in [-0.3, -0.25) is 0 Å². The van der Waals surface area contributed by atoms with E-state index in [4.69, 9.17) is 0 Å². The Morgan fingerprint density at radius 3 is 2.65 bits per heavy atom. The van der Waals surface area contributed by atoms with Crippen LogP contribution in [-0.4, -0.2) is 16.6 Å². The molecule has 0 atom stereocenters. The van der Waals surface area contributed by atoms with Crippen molar-refractivity contribution >= 4 is 5.82 Å². The number of aromatic hydroxyl groups is 1. The highest BCUT2D eigenvalue weighted by atomic mass is 19.1. The van der Waals surface area contributed by atoms with Crippen molar-refractivity contribution in [3.8, 4) is 28.1 Å². The lowest BCUT2D eigenvalue weighted by Crippen LogP contribution is -2.04. The first-order chi connectivity index (χ1) is 12.6. The quantitative estimate of drug-likeness (QED) is 0.554. The number of aryl methyl sites for hydroxylation is 1. The zero-order chi connectivity index (χ0) is 18.5. The predicted octanol–water partition coefficient (Wildman–Crippen LogP) is 5.78. The van der Waals surface area contributed by atoms with Crippen molar-refractivity contribution in [3.05, 3.63) is 66.0 Å². The van der Waals surface area contributed by atoms with Crippen LogP contribution in [0.3, 0.4) is 0 Å². The van der Waals surface area contributed by atoms with Crippen molar-refractivity contribution in [3.63, 3.8) is 0 Å². The molecule has 0 fully saturated rings. The van der Waals surface area contributed by atoms with Gasteiger partial charge in [-0.05, 0) is 60.9 Å². The summed E-state index contributed by atoms with van der Waals surface area (Å²) < 4.78 is 13.7. The van der Waals surface area contributed by atoms with Gasteiger partial charge in [-0.1, -0.05) is 37.1 Å². The second-order valence-corrected chi connectivity index (χ2v) is 6.44. The molecule has 1 aromatic heterocycles. The van der Waals surface area contributed by atoms with Crippen LogP contribution in [-0.2, 0) is 0 Å². The van der Waals surface area contributed by atoms with Crippen LogP contribution in [0.4, 0.5) is 10.2 Å². The number of aromatic nitrogens is 1. The zero-order valence-electron chi connectivity index (χ0n) is 15.1. The molecule has 0 radical (unpaired) electrons. The van der Waals surface area contributed by atoms with E-state index in [0.29, 0.717) is 11.3 Å². The van der Waals surface area contributed by atoms with Crippen molar-refractivity contribution in [2.45, 2.75) is 26.7 Å². The third-order valence-electron chi connectivity index (χ3n) is 4.25. The number of unbranched alkanes of at least 4 members (excludes halogenated alkanes) is 1. The van der Waals surface area contributed by atoms with E-state index in [1.54, 1.807) is 12.1 Å². The molecule has 0 bridgehead atoms. The molecule has 2 N–H and O–H groups in total. The molecule has 0 aliphatic heterocycles. The molecule has 0 saturated heterocycles. The average molecular weight is 350 g/mol. The molecule has 3 aromatic rings. The third-order valence-corrected chi connectivity index (χ3v) is 4.25. The van der Waals surface area contributed by atoms with Crippen LogP contribution in [0.1, 0.15) is 25.3 Å². The van der Waals surface area contributed by atoms with E-state index in [1.807, 2.05) is 37.3 Å². The minimum absolute atomic E-state index is 0.180. The summed E-state index contributed by atoms with van der Waals surface area (Å²) >= 11 is 0. The monoisotopic (exact) mass is 350 g/mol. The Morgan fingerprint density at radius 1 is 1.04 bits per heavy atom. The molecule has 0 spiro atoms. The molecule has 26 heavy (non-hydrogen) atoms. The number of rotatable bonds is 6. The summed E-state index contributed by atoms with van der Waals surface area (Å²) in [6.07, 6.45) is 2.12. The molecule has 0 aliphatic rings. The number of anilines is 1. The summed E-state index contributed by atoms with van der Waals surface area (Å²) in [5.74, 6) is 0.620. The van der Waals surface area contributed by atoms with E-state index < -0.39 is 0 Å². The Morgan fingerprint density at radius 2 is 1.88 bits per heavy atom. The van der Waals surface area contributed by atoms with Crippen molar-refractivity contribution in [2.75, 3.05) is 11.9 Å². The molecular formula is C22H23FN2O. The minimum atomic E-state index is -0.278. The van der Waals surface area contributed by atoms with Crippen LogP contribution in [0.25, 0.3) is 22.4 Å². The Balaban J connectivity index is 2.09. The molecule has 0 unspecified atom stereocenters. The second-order valence-electron chi connectivity index (χ2n) is 6.44. The van der Waals surface area contributed by atoms with Gasteiger partial charge in [-0.15, -0.1) is 0 Å². The Bertz CT molecular complexity index is 908. The van der Waals surface area contributed by atoms with Crippen molar-refractivity contribution in [1.82, 2.24) is 4.98 Å². The van der Waals surface area contributed by atoms with E-state index >= 15 is 0 Å². The van der Waals surface area contributed by atoms with E-state index in [9.17, 15) is 9.50 Å². The first-order valence-electron chi connectivity index (χ1n) is 8.88. The lowest BCUT2D eigenvalue weighted by atomic mass is 10.0. The SMILES string of the molecule is CCCCNc1cc(-c2cccc(F)c2)cc(-c2cc(C)ccc2O)n1. The van der Waals surface area contributed by atoms with E-state index in [1.165, 1.54) is 12.1 Å². The highest BCUT2D eigenvalue weighted by Gasteiger charge is 2.11. The maximum Gasteiger partial charge on any atom is 0.127 e. The summed E-state index contributed by atoms with van der Waals surface area (Å²) in [7, 11) is 0. The minimum Gasteiger partial charge on any atom is -0.507 e. The number of benzene rings is 2. The fraction of sp³-hybridized carbons (Fsp3) is 0.227. The number of nitrogens with zero attached hydrogens (tertiary/aromatic N) is 1. The molecule has 3 nitrogen and oxygen atoms in total. The summed E-state index contributed by atoms with van der Waals surface area (Å²) in [6.45, 7) is 4.92. The molecule has 0 amide bonds. The molecular weight excluding hydrogens is 327 g/mol. The molecule has 2 aromatic carbocycles. The zero-order valence-corrected chi connectivity index (χ0v) is 15.1. The van der Waals surface area contributed by atoms with Crippen LogP contribution in [0.15, 0.2) is 54.6 Å². The standard InChI is InChI=1S/C22H23FN2O/c1-3-4-10-24-22-14-17(16-6-5-7-18(23)12-16)13-20(25-22)19-11-15(2)8-9-21(19)26/h5-9,11-14,26H,3-4,10H2,1-2H3,(H,24,25). The lowest BCUT2D eigenvalue weighted by molar-refractivity contribution is 0.477. The van der Waals surface area contributed by atoms with Crippen LogP contribution in [0.5, 0.6) is 5.75 Å². The third kappa shape index (κ3) is 4.20. The topological polar surface area (TPSA) is 45.1 Å². The number of hydrogen-bond acceptors (Lipinski definition) is 3. The molecule has 1 heterocycles. The van der Waals surface area contributed by atoms with Crippen LogP contribution >= 0.6 is 0 Å². The first-order valence-corrected chi connectivity index (χ1v) is 8.88. The van der Waals surface area contributed by atoms with Gasteiger partial charge in [0.05, 0.1) is 5.69 Å². The van der Waals surface area contributed by atoms with Crippen molar-refractivity contribution in [2.24, 2.45) is 0 Å². The number of phenols is 1. The number of halogens is 1. The summed E-state index contributed by atoms with van der Waals surface area (Å²) in [6, 6.07) is 15.7. The maximum atomic E-state index is 13.7. The van der Waals surface area contributed by atoms with Crippen LogP contribution in [0.2, 0.25) is 0 Å². The van der Waals surface area contributed by atoms with Gasteiger partial charge in [0.25, 0.3) is 0 Å². The van der Waals surface area contributed by atoms with Gasteiger partial charge in [0.1, 0.15) is 17.4 Å². The molecule has 4 heteroatoms. The fourth-order valence-electron chi connectivity index (χ4n) is 2.84. The Kier molecular flexibility index (Phi) is 5.52. The highest BCUT2D eigenvalue weighted by molar-refractivity contribution is 5.76. The van der Waals surface area contributed by atoms with E-state index in [-0.39, 0.29) is 11.6 Å². The van der Waals surface area contributed by atoms with E-state index in [0.717, 1.165) is 41.9 Å². The fourth-order valence-corrected chi connectivity index (χ4v) is 2.84. The van der Waals surface area contributed by atoms with Crippen molar-refractivity contribution in [1.29, 1.82) is 0 Å². The van der Waals surface area contributed by atoms with E-state index in [2.05, 4.69) is 17.2 Å². The number of pyridine rings is 1. The van der Waals surface area contributed by atoms with Crippen molar-refractivity contribution < 1.29 is 9.50 Å². The Hall–Kier alpha value is -2.88. The van der Waals surface area contributed by atoms with Gasteiger partial charge in [0.2, 0.25) is 0 Å². The van der Waals surface area contributed by atoms with Gasteiger partial charge >= 0.3 is 0 Å². The number of nitrogens with one attached hydrogen (secondary N) is 1. The van der Waals surface area contributed by atoms with Gasteiger partial charge in [0.15, 0.2) is 0 Å². The molecule has 0 aliphatic carbocycles. The first kappa shape index (κ1) is 17.9. The second kappa shape index (κ2) is 8.00. The summed E-state index contributed by atoms with van der Waals surface area (Å²) in [5, 5.41) is 13.6.